The van der Waals surface area contributed by atoms with Crippen LogP contribution in [-0.2, 0) is 0 Å². The third-order valence-electron chi connectivity index (χ3n) is 3.55. The van der Waals surface area contributed by atoms with Crippen molar-refractivity contribution < 1.29 is 4.74 Å². The number of aryl methyl sites for hydroxylation is 1. The number of hydrogen-bond donors (Lipinski definition) is 1. The molecule has 2 nitrogen and oxygen atoms in total. The Morgan fingerprint density at radius 3 is 2.89 bits per heavy atom. The Balaban J connectivity index is 1.75. The molecule has 1 N–H and O–H groups in total. The van der Waals surface area contributed by atoms with Crippen LogP contribution in [0.1, 0.15) is 17.0 Å². The number of rotatable bonds is 3. The maximum atomic E-state index is 6.22. The maximum Gasteiger partial charge on any atom is 0.122 e. The van der Waals surface area contributed by atoms with Gasteiger partial charge in [-0.05, 0) is 24.6 Å². The molecule has 0 aliphatic carbocycles. The third-order valence-corrected chi connectivity index (χ3v) is 3.86. The van der Waals surface area contributed by atoms with Crippen molar-refractivity contribution in [2.24, 2.45) is 0 Å². The summed E-state index contributed by atoms with van der Waals surface area (Å²) in [6.07, 6.45) is 0. The monoisotopic (exact) mass is 273 g/mol. The lowest BCUT2D eigenvalue weighted by atomic mass is 10.0. The molecule has 1 heterocycles. The van der Waals surface area contributed by atoms with Crippen molar-refractivity contribution in [2.45, 2.75) is 12.8 Å². The highest BCUT2D eigenvalue weighted by atomic mass is 35.5. The van der Waals surface area contributed by atoms with Gasteiger partial charge >= 0.3 is 0 Å². The zero-order chi connectivity index (χ0) is 13.2. The van der Waals surface area contributed by atoms with E-state index in [-0.39, 0.29) is 0 Å². The van der Waals surface area contributed by atoms with Crippen LogP contribution in [0.15, 0.2) is 42.5 Å². The number of anilines is 1. The highest BCUT2D eigenvalue weighted by Gasteiger charge is 2.23. The van der Waals surface area contributed by atoms with Crippen LogP contribution in [0.4, 0.5) is 5.69 Å². The second kappa shape index (κ2) is 5.14. The Kier molecular flexibility index (Phi) is 3.34. The summed E-state index contributed by atoms with van der Waals surface area (Å²) in [6.45, 7) is 3.63. The SMILES string of the molecule is Cc1cccc(Cl)c1NCC1COc2ccccc21. The van der Waals surface area contributed by atoms with Gasteiger partial charge in [0.15, 0.2) is 0 Å². The summed E-state index contributed by atoms with van der Waals surface area (Å²) >= 11 is 6.22. The molecule has 1 aliphatic rings. The first-order valence-electron chi connectivity index (χ1n) is 6.46. The van der Waals surface area contributed by atoms with Crippen molar-refractivity contribution in [2.75, 3.05) is 18.5 Å². The lowest BCUT2D eigenvalue weighted by Crippen LogP contribution is -2.14. The molecule has 3 rings (SSSR count). The smallest absolute Gasteiger partial charge is 0.122 e. The fourth-order valence-corrected chi connectivity index (χ4v) is 2.77. The van der Waals surface area contributed by atoms with E-state index < -0.39 is 0 Å². The predicted molar refractivity (Wildman–Crippen MR) is 79.4 cm³/mol. The minimum atomic E-state index is 0.381. The zero-order valence-electron chi connectivity index (χ0n) is 10.8. The van der Waals surface area contributed by atoms with E-state index in [9.17, 15) is 0 Å². The highest BCUT2D eigenvalue weighted by Crippen LogP contribution is 2.34. The molecule has 1 atom stereocenters. The van der Waals surface area contributed by atoms with Crippen LogP contribution in [0, 0.1) is 6.92 Å². The van der Waals surface area contributed by atoms with Crippen LogP contribution in [0.3, 0.4) is 0 Å². The van der Waals surface area contributed by atoms with Crippen molar-refractivity contribution in [3.05, 3.63) is 58.6 Å². The molecule has 2 aromatic rings. The minimum absolute atomic E-state index is 0.381. The molecular formula is C16H16ClNO. The Morgan fingerprint density at radius 2 is 2.05 bits per heavy atom. The first kappa shape index (κ1) is 12.4. The van der Waals surface area contributed by atoms with Crippen LogP contribution >= 0.6 is 11.6 Å². The first-order chi connectivity index (χ1) is 9.25. The number of halogens is 1. The van der Waals surface area contributed by atoms with Gasteiger partial charge in [0.25, 0.3) is 0 Å². The van der Waals surface area contributed by atoms with Crippen LogP contribution in [0.5, 0.6) is 5.75 Å². The molecule has 0 radical (unpaired) electrons. The molecule has 0 saturated heterocycles. The molecule has 0 fully saturated rings. The van der Waals surface area contributed by atoms with E-state index in [0.29, 0.717) is 5.92 Å². The van der Waals surface area contributed by atoms with Crippen molar-refractivity contribution in [1.82, 2.24) is 0 Å². The second-order valence-corrected chi connectivity index (χ2v) is 5.27. The van der Waals surface area contributed by atoms with E-state index in [0.717, 1.165) is 29.6 Å². The Morgan fingerprint density at radius 1 is 1.21 bits per heavy atom. The zero-order valence-corrected chi connectivity index (χ0v) is 11.6. The van der Waals surface area contributed by atoms with E-state index >= 15 is 0 Å². The molecule has 0 aromatic heterocycles. The first-order valence-corrected chi connectivity index (χ1v) is 6.84. The van der Waals surface area contributed by atoms with Crippen LogP contribution in [0.2, 0.25) is 5.02 Å². The average Bonchev–Trinajstić information content (AvgIpc) is 2.82. The average molecular weight is 274 g/mol. The summed E-state index contributed by atoms with van der Waals surface area (Å²) < 4.78 is 5.69. The molecule has 0 amide bonds. The second-order valence-electron chi connectivity index (χ2n) is 4.86. The van der Waals surface area contributed by atoms with E-state index in [1.807, 2.05) is 24.3 Å². The van der Waals surface area contributed by atoms with E-state index in [4.69, 9.17) is 16.3 Å². The quantitative estimate of drug-likeness (QED) is 0.903. The van der Waals surface area contributed by atoms with Gasteiger partial charge in [-0.25, -0.2) is 0 Å². The van der Waals surface area contributed by atoms with Gasteiger partial charge in [0.1, 0.15) is 5.75 Å². The molecular weight excluding hydrogens is 258 g/mol. The van der Waals surface area contributed by atoms with Gasteiger partial charge in [-0.2, -0.15) is 0 Å². The number of para-hydroxylation sites is 2. The van der Waals surface area contributed by atoms with Gasteiger partial charge in [0, 0.05) is 18.0 Å². The molecule has 0 bridgehead atoms. The molecule has 1 aliphatic heterocycles. The number of benzene rings is 2. The van der Waals surface area contributed by atoms with E-state index in [2.05, 4.69) is 30.4 Å². The summed E-state index contributed by atoms with van der Waals surface area (Å²) in [7, 11) is 0. The van der Waals surface area contributed by atoms with Gasteiger partial charge in [0.2, 0.25) is 0 Å². The molecule has 0 spiro atoms. The Labute approximate surface area is 118 Å². The lowest BCUT2D eigenvalue weighted by molar-refractivity contribution is 0.334. The molecule has 98 valence electrons. The van der Waals surface area contributed by atoms with Gasteiger partial charge < -0.3 is 10.1 Å². The molecule has 19 heavy (non-hydrogen) atoms. The fraction of sp³-hybridized carbons (Fsp3) is 0.250. The highest BCUT2D eigenvalue weighted by molar-refractivity contribution is 6.33. The molecule has 2 aromatic carbocycles. The normalized spacial score (nSPS) is 16.8. The van der Waals surface area contributed by atoms with Crippen molar-refractivity contribution in [3.8, 4) is 5.75 Å². The Hall–Kier alpha value is -1.67. The van der Waals surface area contributed by atoms with Gasteiger partial charge in [-0.15, -0.1) is 0 Å². The summed E-state index contributed by atoms with van der Waals surface area (Å²) in [5, 5.41) is 4.22. The van der Waals surface area contributed by atoms with Gasteiger partial charge in [-0.1, -0.05) is 41.9 Å². The number of ether oxygens (including phenoxy) is 1. The number of nitrogens with one attached hydrogen (secondary N) is 1. The standard InChI is InChI=1S/C16H16ClNO/c1-11-5-4-7-14(17)16(11)18-9-12-10-19-15-8-3-2-6-13(12)15/h2-8,12,18H,9-10H2,1H3. The van der Waals surface area contributed by atoms with Crippen molar-refractivity contribution >= 4 is 17.3 Å². The number of fused-ring (bicyclic) bond motifs is 1. The third kappa shape index (κ3) is 2.41. The van der Waals surface area contributed by atoms with E-state index in [1.165, 1.54) is 11.1 Å². The van der Waals surface area contributed by atoms with Crippen molar-refractivity contribution in [1.29, 1.82) is 0 Å². The maximum absolute atomic E-state index is 6.22. The molecule has 1 unspecified atom stereocenters. The topological polar surface area (TPSA) is 21.3 Å². The summed E-state index contributed by atoms with van der Waals surface area (Å²) in [4.78, 5) is 0. The molecule has 3 heteroatoms. The van der Waals surface area contributed by atoms with E-state index in [1.54, 1.807) is 0 Å². The largest absolute Gasteiger partial charge is 0.493 e. The lowest BCUT2D eigenvalue weighted by Gasteiger charge is -2.14. The fourth-order valence-electron chi connectivity index (χ4n) is 2.48. The Bertz CT molecular complexity index is 577. The summed E-state index contributed by atoms with van der Waals surface area (Å²) in [6, 6.07) is 14.2. The summed E-state index contributed by atoms with van der Waals surface area (Å²) in [5.74, 6) is 1.39. The van der Waals surface area contributed by atoms with Gasteiger partial charge in [-0.3, -0.25) is 0 Å². The van der Waals surface area contributed by atoms with Crippen LogP contribution in [0.25, 0.3) is 0 Å². The number of hydrogen-bond acceptors (Lipinski definition) is 2. The van der Waals surface area contributed by atoms with Gasteiger partial charge in [0.05, 0.1) is 17.3 Å². The summed E-state index contributed by atoms with van der Waals surface area (Å²) in [5.41, 5.74) is 3.47. The molecule has 0 saturated carbocycles. The van der Waals surface area contributed by atoms with Crippen LogP contribution in [-0.4, -0.2) is 13.2 Å². The van der Waals surface area contributed by atoms with Crippen LogP contribution < -0.4 is 10.1 Å². The van der Waals surface area contributed by atoms with Crippen molar-refractivity contribution in [3.63, 3.8) is 0 Å². The minimum Gasteiger partial charge on any atom is -0.493 e. The predicted octanol–water partition coefficient (Wildman–Crippen LogP) is 4.24.